The highest BCUT2D eigenvalue weighted by molar-refractivity contribution is 5.93. The summed E-state index contributed by atoms with van der Waals surface area (Å²) in [6.07, 6.45) is 7.62. The van der Waals surface area contributed by atoms with E-state index in [0.29, 0.717) is 0 Å². The van der Waals surface area contributed by atoms with Crippen molar-refractivity contribution in [2.75, 3.05) is 0 Å². The molecule has 0 fully saturated rings. The number of carbonyl (C=O) groups is 1. The van der Waals surface area contributed by atoms with E-state index in [1.165, 1.54) is 11.9 Å². The number of nitrogens with zero attached hydrogens (tertiary/aromatic N) is 1. The Morgan fingerprint density at radius 1 is 1.40 bits per heavy atom. The minimum atomic E-state index is -0.130. The second kappa shape index (κ2) is 3.33. The molecule has 1 N–H and O–H groups in total. The van der Waals surface area contributed by atoms with Gasteiger partial charge in [0.2, 0.25) is 5.91 Å². The molecule has 2 aliphatic rings. The molecule has 15 heavy (non-hydrogen) atoms. The second-order valence-corrected chi connectivity index (χ2v) is 5.03. The number of nitrogens with one attached hydrogen (secondary N) is 1. The molecule has 2 rings (SSSR count). The van der Waals surface area contributed by atoms with E-state index in [9.17, 15) is 4.79 Å². The van der Waals surface area contributed by atoms with Gasteiger partial charge in [-0.2, -0.15) is 0 Å². The summed E-state index contributed by atoms with van der Waals surface area (Å²) in [5, 5.41) is 2.64. The molecule has 3 nitrogen and oxygen atoms in total. The van der Waals surface area contributed by atoms with Crippen molar-refractivity contribution in [1.82, 2.24) is 5.32 Å². The number of aliphatic imine (C=N–C) groups is 1. The summed E-state index contributed by atoms with van der Waals surface area (Å²) in [5.74, 6) is -0.0877. The zero-order valence-electron chi connectivity index (χ0n) is 9.32. The Labute approximate surface area is 90.0 Å². The monoisotopic (exact) mass is 204 g/mol. The van der Waals surface area contributed by atoms with E-state index in [1.54, 1.807) is 0 Å². The minimum absolute atomic E-state index is 0.00940. The van der Waals surface area contributed by atoms with Crippen molar-refractivity contribution < 1.29 is 4.79 Å². The van der Waals surface area contributed by atoms with E-state index in [2.05, 4.69) is 37.2 Å². The first-order valence-electron chi connectivity index (χ1n) is 5.21. The lowest BCUT2D eigenvalue weighted by Crippen LogP contribution is -2.40. The summed E-state index contributed by atoms with van der Waals surface area (Å²) in [7, 11) is 0. The van der Waals surface area contributed by atoms with Crippen LogP contribution in [0.4, 0.5) is 0 Å². The van der Waals surface area contributed by atoms with Crippen molar-refractivity contribution in [3.63, 3.8) is 0 Å². The smallest absolute Gasteiger partial charge is 0.234 e. The standard InChI is InChI=1S/C12H16N2O/c1-12(2,3)8-4-5-10-9(6-8)11(15)14-7-13-10/h4-7,9-10H,1-3H3,(H,13,14,15). The van der Waals surface area contributed by atoms with Crippen LogP contribution in [-0.2, 0) is 4.79 Å². The molecule has 0 saturated carbocycles. The van der Waals surface area contributed by atoms with E-state index in [4.69, 9.17) is 0 Å². The van der Waals surface area contributed by atoms with Crippen LogP contribution in [0, 0.1) is 11.3 Å². The van der Waals surface area contributed by atoms with Gasteiger partial charge in [0.25, 0.3) is 0 Å². The normalized spacial score (nSPS) is 29.5. The Bertz CT molecular complexity index is 372. The van der Waals surface area contributed by atoms with E-state index < -0.39 is 0 Å². The molecule has 2 atom stereocenters. The van der Waals surface area contributed by atoms with Crippen molar-refractivity contribution in [3.05, 3.63) is 23.8 Å². The summed E-state index contributed by atoms with van der Waals surface area (Å²) < 4.78 is 0. The molecule has 1 aliphatic heterocycles. The van der Waals surface area contributed by atoms with Crippen LogP contribution in [0.5, 0.6) is 0 Å². The van der Waals surface area contributed by atoms with Crippen LogP contribution in [0.1, 0.15) is 20.8 Å². The third kappa shape index (κ3) is 1.87. The predicted molar refractivity (Wildman–Crippen MR) is 60.6 cm³/mol. The van der Waals surface area contributed by atoms with Crippen LogP contribution in [0.2, 0.25) is 0 Å². The highest BCUT2D eigenvalue weighted by Gasteiger charge is 2.31. The third-order valence-corrected chi connectivity index (χ3v) is 2.82. The molecule has 2 unspecified atom stereocenters. The van der Waals surface area contributed by atoms with Gasteiger partial charge in [-0.1, -0.05) is 39.0 Å². The number of allylic oxidation sites excluding steroid dienone is 2. The Balaban J connectivity index is 2.32. The molecule has 1 heterocycles. The number of amides is 1. The Morgan fingerprint density at radius 2 is 2.13 bits per heavy atom. The summed E-state index contributed by atoms with van der Waals surface area (Å²) >= 11 is 0. The first kappa shape index (κ1) is 10.1. The Kier molecular flexibility index (Phi) is 2.25. The van der Waals surface area contributed by atoms with Crippen molar-refractivity contribution in [3.8, 4) is 0 Å². The second-order valence-electron chi connectivity index (χ2n) is 5.03. The largest absolute Gasteiger partial charge is 0.317 e. The zero-order chi connectivity index (χ0) is 11.1. The van der Waals surface area contributed by atoms with Gasteiger partial charge in [0, 0.05) is 0 Å². The SMILES string of the molecule is CC(C)(C)C1=CC2C(=O)NC=NC2C=C1. The van der Waals surface area contributed by atoms with Crippen LogP contribution in [0.15, 0.2) is 28.8 Å². The van der Waals surface area contributed by atoms with Gasteiger partial charge >= 0.3 is 0 Å². The molecule has 0 aromatic heterocycles. The maximum absolute atomic E-state index is 11.6. The molecule has 0 aromatic rings. The third-order valence-electron chi connectivity index (χ3n) is 2.82. The summed E-state index contributed by atoms with van der Waals surface area (Å²) in [6, 6.07) is -0.00940. The fourth-order valence-electron chi connectivity index (χ4n) is 1.83. The van der Waals surface area contributed by atoms with Gasteiger partial charge in [-0.25, -0.2) is 0 Å². The lowest BCUT2D eigenvalue weighted by atomic mass is 9.79. The average molecular weight is 204 g/mol. The molecule has 1 amide bonds. The van der Waals surface area contributed by atoms with E-state index >= 15 is 0 Å². The fourth-order valence-corrected chi connectivity index (χ4v) is 1.83. The summed E-state index contributed by atoms with van der Waals surface area (Å²) in [6.45, 7) is 6.44. The molecule has 0 bridgehead atoms. The van der Waals surface area contributed by atoms with Crippen LogP contribution in [0.25, 0.3) is 0 Å². The van der Waals surface area contributed by atoms with Crippen LogP contribution < -0.4 is 5.32 Å². The van der Waals surface area contributed by atoms with Crippen LogP contribution >= 0.6 is 0 Å². The maximum atomic E-state index is 11.6. The molecule has 80 valence electrons. The molecular formula is C12H16N2O. The first-order valence-corrected chi connectivity index (χ1v) is 5.21. The van der Waals surface area contributed by atoms with Crippen molar-refractivity contribution >= 4 is 12.2 Å². The maximum Gasteiger partial charge on any atom is 0.234 e. The van der Waals surface area contributed by atoms with Gasteiger partial charge in [-0.05, 0) is 11.0 Å². The molecule has 1 aliphatic carbocycles. The lowest BCUT2D eigenvalue weighted by molar-refractivity contribution is -0.122. The molecule has 0 aromatic carbocycles. The number of rotatable bonds is 0. The number of hydrogen-bond acceptors (Lipinski definition) is 2. The van der Waals surface area contributed by atoms with Gasteiger partial charge in [0.1, 0.15) is 0 Å². The van der Waals surface area contributed by atoms with Gasteiger partial charge in [-0.15, -0.1) is 0 Å². The highest BCUT2D eigenvalue weighted by Crippen LogP contribution is 2.32. The highest BCUT2D eigenvalue weighted by atomic mass is 16.2. The number of carbonyl (C=O) groups excluding carboxylic acids is 1. The Hall–Kier alpha value is -1.38. The van der Waals surface area contributed by atoms with Crippen molar-refractivity contribution in [1.29, 1.82) is 0 Å². The lowest BCUT2D eigenvalue weighted by Gasteiger charge is -2.29. The van der Waals surface area contributed by atoms with Gasteiger partial charge in [0.05, 0.1) is 18.3 Å². The zero-order valence-corrected chi connectivity index (χ0v) is 9.32. The topological polar surface area (TPSA) is 41.5 Å². The number of fused-ring (bicyclic) bond motifs is 1. The van der Waals surface area contributed by atoms with E-state index in [0.717, 1.165) is 0 Å². The average Bonchev–Trinajstić information content (AvgIpc) is 2.16. The number of hydrogen-bond donors (Lipinski definition) is 1. The Morgan fingerprint density at radius 3 is 2.80 bits per heavy atom. The van der Waals surface area contributed by atoms with Crippen LogP contribution in [0.3, 0.4) is 0 Å². The quantitative estimate of drug-likeness (QED) is 0.640. The molecular weight excluding hydrogens is 188 g/mol. The van der Waals surface area contributed by atoms with Gasteiger partial charge in [-0.3, -0.25) is 9.79 Å². The predicted octanol–water partition coefficient (Wildman–Crippen LogP) is 1.67. The van der Waals surface area contributed by atoms with Crippen molar-refractivity contribution in [2.45, 2.75) is 26.8 Å². The summed E-state index contributed by atoms with van der Waals surface area (Å²) in [4.78, 5) is 15.9. The first-order chi connectivity index (χ1) is 6.98. The van der Waals surface area contributed by atoms with Crippen molar-refractivity contribution in [2.24, 2.45) is 16.3 Å². The van der Waals surface area contributed by atoms with E-state index in [1.807, 2.05) is 12.2 Å². The fraction of sp³-hybridized carbons (Fsp3) is 0.500. The van der Waals surface area contributed by atoms with Crippen LogP contribution in [-0.4, -0.2) is 18.3 Å². The summed E-state index contributed by atoms with van der Waals surface area (Å²) in [5.41, 5.74) is 1.29. The molecule has 3 heteroatoms. The van der Waals surface area contributed by atoms with E-state index in [-0.39, 0.29) is 23.3 Å². The van der Waals surface area contributed by atoms with Gasteiger partial charge < -0.3 is 5.32 Å². The van der Waals surface area contributed by atoms with Gasteiger partial charge in [0.15, 0.2) is 0 Å². The molecule has 0 saturated heterocycles. The minimum Gasteiger partial charge on any atom is -0.317 e. The molecule has 0 spiro atoms. The molecule has 0 radical (unpaired) electrons.